The lowest BCUT2D eigenvalue weighted by Gasteiger charge is -2.13. The zero-order valence-corrected chi connectivity index (χ0v) is 15.1. The molecule has 0 saturated carbocycles. The number of carbonyl (C=O) groups is 1. The van der Waals surface area contributed by atoms with E-state index < -0.39 is 5.82 Å². The van der Waals surface area contributed by atoms with Crippen LogP contribution in [0.1, 0.15) is 6.42 Å². The molecule has 1 aromatic carbocycles. The number of halogens is 1. The van der Waals surface area contributed by atoms with Crippen molar-refractivity contribution < 1.29 is 13.9 Å². The average Bonchev–Trinajstić information content (AvgIpc) is 3.18. The minimum Gasteiger partial charge on any atom is -0.493 e. The van der Waals surface area contributed by atoms with Gasteiger partial charge in [0.15, 0.2) is 11.6 Å². The Hall–Kier alpha value is -3.68. The lowest BCUT2D eigenvalue weighted by atomic mass is 10.2. The van der Waals surface area contributed by atoms with Crippen LogP contribution in [0.4, 0.5) is 10.2 Å². The highest BCUT2D eigenvalue weighted by Crippen LogP contribution is 2.20. The average molecular weight is 380 g/mol. The van der Waals surface area contributed by atoms with E-state index in [1.807, 2.05) is 0 Å². The maximum atomic E-state index is 13.8. The number of rotatable bonds is 5. The summed E-state index contributed by atoms with van der Waals surface area (Å²) in [5.74, 6) is -0.0334. The quantitative estimate of drug-likeness (QED) is 0.578. The predicted octanol–water partition coefficient (Wildman–Crippen LogP) is 2.83. The van der Waals surface area contributed by atoms with Gasteiger partial charge in [0.1, 0.15) is 11.3 Å². The summed E-state index contributed by atoms with van der Waals surface area (Å²) in [6.07, 6.45) is 3.31. The maximum absolute atomic E-state index is 13.8. The Bertz CT molecular complexity index is 1250. The van der Waals surface area contributed by atoms with Crippen LogP contribution in [0.3, 0.4) is 0 Å². The first-order chi connectivity index (χ1) is 13.6. The van der Waals surface area contributed by atoms with Gasteiger partial charge in [0, 0.05) is 25.4 Å². The number of aryl methyl sites for hydroxylation is 1. The first kappa shape index (κ1) is 17.7. The number of aromatic nitrogens is 3. The molecular weight excluding hydrogens is 363 g/mol. The Kier molecular flexibility index (Phi) is 4.52. The Morgan fingerprint density at radius 3 is 2.86 bits per heavy atom. The van der Waals surface area contributed by atoms with Gasteiger partial charge < -0.3 is 19.0 Å². The number of anilines is 1. The van der Waals surface area contributed by atoms with Gasteiger partial charge in [-0.05, 0) is 42.5 Å². The Morgan fingerprint density at radius 1 is 1.18 bits per heavy atom. The fraction of sp³-hybridized carbons (Fsp3) is 0.150. The summed E-state index contributed by atoms with van der Waals surface area (Å²) in [4.78, 5) is 29.3. The number of amides is 1. The minimum atomic E-state index is -0.449. The summed E-state index contributed by atoms with van der Waals surface area (Å²) < 4.78 is 22.1. The Morgan fingerprint density at radius 2 is 2.04 bits per heavy atom. The van der Waals surface area contributed by atoms with Crippen molar-refractivity contribution in [2.45, 2.75) is 13.0 Å². The summed E-state index contributed by atoms with van der Waals surface area (Å²) >= 11 is 0. The van der Waals surface area contributed by atoms with Crippen LogP contribution in [0.2, 0.25) is 0 Å². The van der Waals surface area contributed by atoms with Crippen LogP contribution >= 0.6 is 0 Å². The number of benzene rings is 1. The highest BCUT2D eigenvalue weighted by atomic mass is 19.1. The fourth-order valence-electron chi connectivity index (χ4n) is 3.21. The number of hydrogen-bond donors (Lipinski definition) is 1. The van der Waals surface area contributed by atoms with Crippen molar-refractivity contribution >= 4 is 28.3 Å². The lowest BCUT2D eigenvalue weighted by molar-refractivity contribution is -0.116. The molecule has 0 fully saturated rings. The van der Waals surface area contributed by atoms with E-state index in [-0.39, 0.29) is 24.4 Å². The number of fused-ring (bicyclic) bond motifs is 3. The zero-order chi connectivity index (χ0) is 19.7. The zero-order valence-electron chi connectivity index (χ0n) is 15.1. The smallest absolute Gasteiger partial charge is 0.275 e. The highest BCUT2D eigenvalue weighted by molar-refractivity contribution is 5.91. The molecule has 0 aliphatic heterocycles. The molecule has 0 atom stereocenters. The second kappa shape index (κ2) is 7.15. The van der Waals surface area contributed by atoms with Crippen molar-refractivity contribution in [3.05, 3.63) is 71.0 Å². The minimum absolute atomic E-state index is 0.0160. The summed E-state index contributed by atoms with van der Waals surface area (Å²) in [5, 5.41) is 2.67. The lowest BCUT2D eigenvalue weighted by Crippen LogP contribution is -2.25. The molecule has 4 aromatic rings. The molecule has 0 unspecified atom stereocenters. The van der Waals surface area contributed by atoms with E-state index in [0.717, 1.165) is 0 Å². The fourth-order valence-corrected chi connectivity index (χ4v) is 3.21. The van der Waals surface area contributed by atoms with Crippen LogP contribution in [0.5, 0.6) is 5.75 Å². The number of pyridine rings is 1. The molecule has 7 nitrogen and oxygen atoms in total. The molecule has 8 heteroatoms. The van der Waals surface area contributed by atoms with Gasteiger partial charge in [0.2, 0.25) is 5.91 Å². The van der Waals surface area contributed by atoms with Crippen molar-refractivity contribution in [3.8, 4) is 5.75 Å². The predicted molar refractivity (Wildman–Crippen MR) is 103 cm³/mol. The van der Waals surface area contributed by atoms with Crippen molar-refractivity contribution in [1.29, 1.82) is 0 Å². The van der Waals surface area contributed by atoms with E-state index in [1.165, 1.54) is 23.8 Å². The second-order valence-corrected chi connectivity index (χ2v) is 6.21. The van der Waals surface area contributed by atoms with Crippen molar-refractivity contribution in [3.63, 3.8) is 0 Å². The molecule has 28 heavy (non-hydrogen) atoms. The summed E-state index contributed by atoms with van der Waals surface area (Å²) in [5.41, 5.74) is 1.29. The van der Waals surface area contributed by atoms with E-state index >= 15 is 0 Å². The maximum Gasteiger partial charge on any atom is 0.275 e. The van der Waals surface area contributed by atoms with Crippen LogP contribution in [0, 0.1) is 5.82 Å². The molecule has 3 aromatic heterocycles. The number of hydrogen-bond acceptors (Lipinski definition) is 4. The number of nitrogens with one attached hydrogen (secondary N) is 1. The molecule has 1 N–H and O–H groups in total. The summed E-state index contributed by atoms with van der Waals surface area (Å²) in [6, 6.07) is 11.1. The van der Waals surface area contributed by atoms with E-state index in [4.69, 9.17) is 4.74 Å². The number of carbonyl (C=O) groups excluding carboxylic acids is 1. The molecule has 3 heterocycles. The molecule has 0 aliphatic rings. The second-order valence-electron chi connectivity index (χ2n) is 6.21. The molecule has 0 radical (unpaired) electrons. The standard InChI is InChI=1S/C20H17FN4O3/c1-28-17-5-2-9-22-19(17)23-18(26)8-11-25-16-12-13(21)6-7-14(16)24-10-3-4-15(24)20(25)27/h2-7,9-10,12H,8,11H2,1H3,(H,22,23,26). The topological polar surface area (TPSA) is 77.6 Å². The molecule has 1 amide bonds. The van der Waals surface area contributed by atoms with E-state index in [9.17, 15) is 14.0 Å². The number of nitrogens with zero attached hydrogens (tertiary/aromatic N) is 3. The molecule has 0 spiro atoms. The van der Waals surface area contributed by atoms with Gasteiger partial charge in [-0.25, -0.2) is 9.37 Å². The van der Waals surface area contributed by atoms with Crippen LogP contribution in [0.25, 0.3) is 16.6 Å². The SMILES string of the molecule is COc1cccnc1NC(=O)CCn1c(=O)c2cccn2c2ccc(F)cc21. The molecule has 0 saturated heterocycles. The van der Waals surface area contributed by atoms with Crippen molar-refractivity contribution in [2.75, 3.05) is 12.4 Å². The first-order valence-electron chi connectivity index (χ1n) is 8.66. The van der Waals surface area contributed by atoms with Crippen LogP contribution in [-0.4, -0.2) is 27.0 Å². The van der Waals surface area contributed by atoms with Gasteiger partial charge in [0.05, 0.1) is 18.1 Å². The van der Waals surface area contributed by atoms with Gasteiger partial charge >= 0.3 is 0 Å². The number of ether oxygens (including phenoxy) is 1. The Labute approximate surface area is 159 Å². The third kappa shape index (κ3) is 3.09. The van der Waals surface area contributed by atoms with Crippen molar-refractivity contribution in [1.82, 2.24) is 14.0 Å². The van der Waals surface area contributed by atoms with Gasteiger partial charge in [-0.1, -0.05) is 0 Å². The summed E-state index contributed by atoms with van der Waals surface area (Å²) in [7, 11) is 1.49. The van der Waals surface area contributed by atoms with Crippen LogP contribution in [-0.2, 0) is 11.3 Å². The van der Waals surface area contributed by atoms with Crippen molar-refractivity contribution in [2.24, 2.45) is 0 Å². The molecule has 0 aliphatic carbocycles. The highest BCUT2D eigenvalue weighted by Gasteiger charge is 2.14. The van der Waals surface area contributed by atoms with Gasteiger partial charge in [-0.15, -0.1) is 0 Å². The van der Waals surface area contributed by atoms with E-state index in [0.29, 0.717) is 28.1 Å². The molecule has 4 rings (SSSR count). The largest absolute Gasteiger partial charge is 0.493 e. The third-order valence-electron chi connectivity index (χ3n) is 4.51. The van der Waals surface area contributed by atoms with Crippen LogP contribution in [0.15, 0.2) is 59.7 Å². The first-order valence-corrected chi connectivity index (χ1v) is 8.66. The monoisotopic (exact) mass is 380 g/mol. The normalized spacial score (nSPS) is 11.1. The van der Waals surface area contributed by atoms with Crippen LogP contribution < -0.4 is 15.6 Å². The van der Waals surface area contributed by atoms with Gasteiger partial charge in [-0.2, -0.15) is 0 Å². The molecular formula is C20H17FN4O3. The van der Waals surface area contributed by atoms with E-state index in [1.54, 1.807) is 47.1 Å². The molecule has 0 bridgehead atoms. The summed E-state index contributed by atoms with van der Waals surface area (Å²) in [6.45, 7) is 0.0987. The van der Waals surface area contributed by atoms with Gasteiger partial charge in [0.25, 0.3) is 5.56 Å². The third-order valence-corrected chi connectivity index (χ3v) is 4.51. The molecule has 142 valence electrons. The number of methoxy groups -OCH3 is 1. The Balaban J connectivity index is 1.65. The van der Waals surface area contributed by atoms with E-state index in [2.05, 4.69) is 10.3 Å². The van der Waals surface area contributed by atoms with Gasteiger partial charge in [-0.3, -0.25) is 9.59 Å².